The largest absolute Gasteiger partial charge is 0.493 e. The molecule has 2 heterocycles. The lowest BCUT2D eigenvalue weighted by Gasteiger charge is -2.22. The molecule has 3 rings (SSSR count). The fourth-order valence-electron chi connectivity index (χ4n) is 3.76. The summed E-state index contributed by atoms with van der Waals surface area (Å²) in [5, 5.41) is 11.7. The Morgan fingerprint density at radius 3 is 2.73 bits per heavy atom. The highest BCUT2D eigenvalue weighted by Gasteiger charge is 2.23. The maximum Gasteiger partial charge on any atom is 0.222 e. The molecule has 0 spiro atoms. The van der Waals surface area contributed by atoms with Crippen molar-refractivity contribution in [2.75, 3.05) is 41.0 Å². The average Bonchev–Trinajstić information content (AvgIpc) is 3.06. The van der Waals surface area contributed by atoms with Crippen molar-refractivity contribution in [3.8, 4) is 11.5 Å². The number of nitrogens with zero attached hydrogens (tertiary/aromatic N) is 4. The van der Waals surface area contributed by atoms with Crippen molar-refractivity contribution >= 4 is 5.91 Å². The molecule has 0 fully saturated rings. The van der Waals surface area contributed by atoms with E-state index in [0.29, 0.717) is 13.0 Å². The van der Waals surface area contributed by atoms with Crippen molar-refractivity contribution in [3.05, 3.63) is 35.4 Å². The van der Waals surface area contributed by atoms with Crippen LogP contribution in [0.25, 0.3) is 0 Å². The highest BCUT2D eigenvalue weighted by atomic mass is 16.5. The second-order valence-electron chi connectivity index (χ2n) is 7.34. The number of hydrogen-bond acceptors (Lipinski definition) is 7. The molecule has 0 unspecified atom stereocenters. The first kappa shape index (κ1) is 22.0. The molecule has 1 N–H and O–H groups in total. The maximum absolute atomic E-state index is 12.0. The van der Waals surface area contributed by atoms with Gasteiger partial charge in [0, 0.05) is 51.7 Å². The zero-order valence-electron chi connectivity index (χ0n) is 18.2. The predicted octanol–water partition coefficient (Wildman–Crippen LogP) is 1.57. The molecule has 9 heteroatoms. The third-order valence-corrected chi connectivity index (χ3v) is 5.32. The van der Waals surface area contributed by atoms with Crippen LogP contribution in [0.15, 0.2) is 18.2 Å². The van der Waals surface area contributed by atoms with Gasteiger partial charge in [-0.3, -0.25) is 9.69 Å². The number of ether oxygens (including phenoxy) is 3. The van der Waals surface area contributed by atoms with Gasteiger partial charge in [-0.2, -0.15) is 0 Å². The van der Waals surface area contributed by atoms with Gasteiger partial charge in [-0.15, -0.1) is 10.2 Å². The average molecular weight is 418 g/mol. The molecule has 1 aromatic carbocycles. The molecule has 0 aliphatic carbocycles. The van der Waals surface area contributed by atoms with E-state index in [-0.39, 0.29) is 11.9 Å². The van der Waals surface area contributed by atoms with Crippen LogP contribution in [0.1, 0.15) is 36.6 Å². The summed E-state index contributed by atoms with van der Waals surface area (Å²) in [5.74, 6) is 3.20. The van der Waals surface area contributed by atoms with E-state index in [2.05, 4.69) is 31.0 Å². The summed E-state index contributed by atoms with van der Waals surface area (Å²) in [6.07, 6.45) is 1.13. The van der Waals surface area contributed by atoms with Crippen LogP contribution in [0.5, 0.6) is 11.5 Å². The van der Waals surface area contributed by atoms with Crippen molar-refractivity contribution in [2.24, 2.45) is 0 Å². The van der Waals surface area contributed by atoms with E-state index in [1.54, 1.807) is 21.3 Å². The Kier molecular flexibility index (Phi) is 7.64. The SMILES string of the molecule is COCCC(=O)N[C@H](C)c1nnc2n1CCN(Cc1cccc(OC)c1OC)CC2. The van der Waals surface area contributed by atoms with Crippen LogP contribution < -0.4 is 14.8 Å². The molecule has 1 aliphatic rings. The van der Waals surface area contributed by atoms with E-state index < -0.39 is 0 Å². The van der Waals surface area contributed by atoms with E-state index in [0.717, 1.165) is 61.3 Å². The first-order valence-electron chi connectivity index (χ1n) is 10.2. The normalized spacial score (nSPS) is 15.2. The molecule has 0 bridgehead atoms. The number of para-hydroxylation sites is 1. The quantitative estimate of drug-likeness (QED) is 0.662. The number of aromatic nitrogens is 3. The van der Waals surface area contributed by atoms with Crippen molar-refractivity contribution in [2.45, 2.75) is 38.9 Å². The number of hydrogen-bond donors (Lipinski definition) is 1. The second kappa shape index (κ2) is 10.4. The number of amides is 1. The Bertz CT molecular complexity index is 854. The lowest BCUT2D eigenvalue weighted by molar-refractivity contribution is -0.122. The van der Waals surface area contributed by atoms with Crippen LogP contribution in [0.3, 0.4) is 0 Å². The molecular weight excluding hydrogens is 386 g/mol. The lowest BCUT2D eigenvalue weighted by atomic mass is 10.1. The minimum Gasteiger partial charge on any atom is -0.493 e. The molecule has 2 aromatic rings. The second-order valence-corrected chi connectivity index (χ2v) is 7.34. The summed E-state index contributed by atoms with van der Waals surface area (Å²) in [7, 11) is 4.90. The van der Waals surface area contributed by atoms with E-state index >= 15 is 0 Å². The minimum atomic E-state index is -0.208. The third kappa shape index (κ3) is 5.09. The van der Waals surface area contributed by atoms with Gasteiger partial charge >= 0.3 is 0 Å². The summed E-state index contributed by atoms with van der Waals surface area (Å²) in [6.45, 7) is 5.58. The summed E-state index contributed by atoms with van der Waals surface area (Å²) in [4.78, 5) is 14.4. The molecule has 1 amide bonds. The van der Waals surface area contributed by atoms with Crippen LogP contribution in [0.2, 0.25) is 0 Å². The van der Waals surface area contributed by atoms with Gasteiger partial charge in [0.1, 0.15) is 5.82 Å². The van der Waals surface area contributed by atoms with E-state index in [4.69, 9.17) is 14.2 Å². The van der Waals surface area contributed by atoms with Crippen LogP contribution >= 0.6 is 0 Å². The molecular formula is C21H31N5O4. The summed E-state index contributed by atoms with van der Waals surface area (Å²) in [5.41, 5.74) is 1.09. The fourth-order valence-corrected chi connectivity index (χ4v) is 3.76. The van der Waals surface area contributed by atoms with Crippen molar-refractivity contribution in [1.29, 1.82) is 0 Å². The highest BCUT2D eigenvalue weighted by molar-refractivity contribution is 5.76. The molecule has 0 saturated heterocycles. The molecule has 9 nitrogen and oxygen atoms in total. The van der Waals surface area contributed by atoms with Crippen molar-refractivity contribution in [3.63, 3.8) is 0 Å². The van der Waals surface area contributed by atoms with Crippen LogP contribution in [0.4, 0.5) is 0 Å². The predicted molar refractivity (Wildman–Crippen MR) is 112 cm³/mol. The summed E-state index contributed by atoms with van der Waals surface area (Å²) in [6, 6.07) is 5.74. The van der Waals surface area contributed by atoms with Gasteiger partial charge in [0.15, 0.2) is 17.3 Å². The standard InChI is InChI=1S/C21H31N5O4/c1-15(22-19(27)9-13-28-2)21-24-23-18-8-10-25(11-12-26(18)21)14-16-6-5-7-17(29-3)20(16)30-4/h5-7,15H,8-14H2,1-4H3,(H,22,27)/t15-/m1/s1. The third-order valence-electron chi connectivity index (χ3n) is 5.32. The van der Waals surface area contributed by atoms with E-state index in [1.165, 1.54) is 0 Å². The zero-order valence-corrected chi connectivity index (χ0v) is 18.2. The number of carbonyl (C=O) groups is 1. The summed E-state index contributed by atoms with van der Waals surface area (Å²) < 4.78 is 18.1. The van der Waals surface area contributed by atoms with E-state index in [1.807, 2.05) is 19.1 Å². The fraction of sp³-hybridized carbons (Fsp3) is 0.571. The molecule has 1 aromatic heterocycles. The Hall–Kier alpha value is -2.65. The molecule has 1 atom stereocenters. The molecule has 0 saturated carbocycles. The van der Waals surface area contributed by atoms with Gasteiger partial charge in [0.2, 0.25) is 5.91 Å². The number of methoxy groups -OCH3 is 3. The van der Waals surface area contributed by atoms with Gasteiger partial charge in [-0.05, 0) is 13.0 Å². The van der Waals surface area contributed by atoms with Gasteiger partial charge in [-0.1, -0.05) is 12.1 Å². The van der Waals surface area contributed by atoms with Gasteiger partial charge in [0.05, 0.1) is 26.9 Å². The number of nitrogens with one attached hydrogen (secondary N) is 1. The number of fused-ring (bicyclic) bond motifs is 1. The number of carbonyl (C=O) groups excluding carboxylic acids is 1. The maximum atomic E-state index is 12.0. The first-order valence-corrected chi connectivity index (χ1v) is 10.2. The van der Waals surface area contributed by atoms with Gasteiger partial charge < -0.3 is 24.1 Å². The molecule has 30 heavy (non-hydrogen) atoms. The Morgan fingerprint density at radius 2 is 2.00 bits per heavy atom. The van der Waals surface area contributed by atoms with Gasteiger partial charge in [-0.25, -0.2) is 0 Å². The summed E-state index contributed by atoms with van der Waals surface area (Å²) >= 11 is 0. The minimum absolute atomic E-state index is 0.0536. The monoisotopic (exact) mass is 417 g/mol. The zero-order chi connectivity index (χ0) is 21.5. The topological polar surface area (TPSA) is 90.7 Å². The van der Waals surface area contributed by atoms with Crippen LogP contribution in [0, 0.1) is 0 Å². The highest BCUT2D eigenvalue weighted by Crippen LogP contribution is 2.31. The van der Waals surface area contributed by atoms with Gasteiger partial charge in [0.25, 0.3) is 0 Å². The van der Waals surface area contributed by atoms with Crippen LogP contribution in [-0.2, 0) is 29.0 Å². The number of benzene rings is 1. The van der Waals surface area contributed by atoms with Crippen molar-refractivity contribution < 1.29 is 19.0 Å². The Balaban J connectivity index is 1.66. The molecule has 0 radical (unpaired) electrons. The van der Waals surface area contributed by atoms with Crippen molar-refractivity contribution in [1.82, 2.24) is 25.0 Å². The van der Waals surface area contributed by atoms with E-state index in [9.17, 15) is 4.79 Å². The lowest BCUT2D eigenvalue weighted by Crippen LogP contribution is -2.30. The smallest absolute Gasteiger partial charge is 0.222 e. The van der Waals surface area contributed by atoms with Crippen LogP contribution in [-0.4, -0.2) is 66.6 Å². The number of rotatable bonds is 9. The first-order chi connectivity index (χ1) is 14.6. The Labute approximate surface area is 177 Å². The molecule has 164 valence electrons. The Morgan fingerprint density at radius 1 is 1.17 bits per heavy atom. The molecule has 1 aliphatic heterocycles.